The zero-order chi connectivity index (χ0) is 12.8. The fourth-order valence-electron chi connectivity index (χ4n) is 3.03. The van der Waals surface area contributed by atoms with Crippen LogP contribution < -0.4 is 5.32 Å². The first-order chi connectivity index (χ1) is 8.77. The third kappa shape index (κ3) is 3.84. The number of nitrogens with one attached hydrogen (secondary N) is 1. The van der Waals surface area contributed by atoms with E-state index in [1.165, 1.54) is 44.1 Å². The molecule has 1 saturated carbocycles. The number of hydrogen-bond acceptors (Lipinski definition) is 1. The van der Waals surface area contributed by atoms with Crippen LogP contribution in [0.5, 0.6) is 0 Å². The minimum Gasteiger partial charge on any atom is -0.307 e. The summed E-state index contributed by atoms with van der Waals surface area (Å²) in [5.41, 5.74) is 1.44. The molecule has 1 aliphatic rings. The third-order valence-corrected chi connectivity index (χ3v) is 4.10. The minimum atomic E-state index is 0.509. The van der Waals surface area contributed by atoms with E-state index in [1.807, 2.05) is 0 Å². The average molecular weight is 245 g/mol. The second kappa shape index (κ2) is 6.94. The van der Waals surface area contributed by atoms with E-state index in [0.29, 0.717) is 12.0 Å². The summed E-state index contributed by atoms with van der Waals surface area (Å²) in [6.45, 7) is 4.64. The molecule has 0 aliphatic heterocycles. The van der Waals surface area contributed by atoms with Gasteiger partial charge in [-0.05, 0) is 24.3 Å². The summed E-state index contributed by atoms with van der Waals surface area (Å²) in [6, 6.07) is 12.2. The maximum absolute atomic E-state index is 3.91. The Morgan fingerprint density at radius 3 is 2.11 bits per heavy atom. The Balaban J connectivity index is 2.02. The smallest absolute Gasteiger partial charge is 0.0345 e. The van der Waals surface area contributed by atoms with Crippen molar-refractivity contribution < 1.29 is 0 Å². The van der Waals surface area contributed by atoms with Crippen molar-refractivity contribution in [3.05, 3.63) is 35.9 Å². The van der Waals surface area contributed by atoms with Crippen molar-refractivity contribution in [2.24, 2.45) is 5.92 Å². The summed E-state index contributed by atoms with van der Waals surface area (Å²) >= 11 is 0. The molecular weight excluding hydrogens is 218 g/mol. The van der Waals surface area contributed by atoms with Gasteiger partial charge in [0.2, 0.25) is 0 Å². The quantitative estimate of drug-likeness (QED) is 0.758. The Hall–Kier alpha value is -0.820. The van der Waals surface area contributed by atoms with Crippen molar-refractivity contribution in [2.75, 3.05) is 0 Å². The van der Waals surface area contributed by atoms with Gasteiger partial charge in [-0.25, -0.2) is 0 Å². The van der Waals surface area contributed by atoms with Crippen LogP contribution in [0.25, 0.3) is 0 Å². The van der Waals surface area contributed by atoms with Gasteiger partial charge >= 0.3 is 0 Å². The minimum absolute atomic E-state index is 0.509. The van der Waals surface area contributed by atoms with E-state index in [1.54, 1.807) is 0 Å². The van der Waals surface area contributed by atoms with E-state index in [2.05, 4.69) is 49.5 Å². The van der Waals surface area contributed by atoms with Gasteiger partial charge in [0, 0.05) is 12.1 Å². The van der Waals surface area contributed by atoms with Gasteiger partial charge in [0.25, 0.3) is 0 Å². The maximum Gasteiger partial charge on any atom is 0.0345 e. The molecule has 0 spiro atoms. The summed E-state index contributed by atoms with van der Waals surface area (Å²) in [7, 11) is 0. The van der Waals surface area contributed by atoms with Crippen molar-refractivity contribution >= 4 is 0 Å². The van der Waals surface area contributed by atoms with Crippen molar-refractivity contribution in [2.45, 2.75) is 64.5 Å². The van der Waals surface area contributed by atoms with Gasteiger partial charge in [0.1, 0.15) is 0 Å². The van der Waals surface area contributed by atoms with E-state index < -0.39 is 0 Å². The molecule has 1 heteroatoms. The zero-order valence-electron chi connectivity index (χ0n) is 11.9. The first-order valence-corrected chi connectivity index (χ1v) is 7.58. The summed E-state index contributed by atoms with van der Waals surface area (Å²) in [5.74, 6) is 0.649. The molecule has 1 aromatic carbocycles. The summed E-state index contributed by atoms with van der Waals surface area (Å²) in [6.07, 6.45) is 8.37. The van der Waals surface area contributed by atoms with Crippen LogP contribution >= 0.6 is 0 Å². The van der Waals surface area contributed by atoms with Crippen LogP contribution in [0.2, 0.25) is 0 Å². The molecule has 0 aromatic heterocycles. The first kappa shape index (κ1) is 13.6. The van der Waals surface area contributed by atoms with Gasteiger partial charge in [0.15, 0.2) is 0 Å². The van der Waals surface area contributed by atoms with E-state index in [4.69, 9.17) is 0 Å². The molecule has 1 unspecified atom stereocenters. The Morgan fingerprint density at radius 1 is 0.944 bits per heavy atom. The molecule has 1 aromatic rings. The highest BCUT2D eigenvalue weighted by Gasteiger charge is 2.20. The molecule has 0 bridgehead atoms. The monoisotopic (exact) mass is 245 g/mol. The Morgan fingerprint density at radius 2 is 1.56 bits per heavy atom. The molecule has 1 nitrogen and oxygen atoms in total. The molecule has 100 valence electrons. The molecular formula is C17H27N. The van der Waals surface area contributed by atoms with Gasteiger partial charge in [0.05, 0.1) is 0 Å². The lowest BCUT2D eigenvalue weighted by Crippen LogP contribution is -2.35. The molecule has 0 saturated heterocycles. The van der Waals surface area contributed by atoms with Crippen LogP contribution in [0.1, 0.15) is 64.0 Å². The van der Waals surface area contributed by atoms with Gasteiger partial charge in [-0.15, -0.1) is 0 Å². The topological polar surface area (TPSA) is 12.0 Å². The van der Waals surface area contributed by atoms with Crippen LogP contribution in [-0.2, 0) is 0 Å². The molecule has 1 aliphatic carbocycles. The Kier molecular flexibility index (Phi) is 5.25. The predicted octanol–water partition coefficient (Wildman–Crippen LogP) is 4.70. The predicted molar refractivity (Wildman–Crippen MR) is 78.6 cm³/mol. The molecule has 1 atom stereocenters. The highest BCUT2D eigenvalue weighted by molar-refractivity contribution is 5.19. The van der Waals surface area contributed by atoms with Crippen LogP contribution in [-0.4, -0.2) is 6.04 Å². The Bertz CT molecular complexity index is 323. The van der Waals surface area contributed by atoms with E-state index >= 15 is 0 Å². The number of hydrogen-bond donors (Lipinski definition) is 1. The van der Waals surface area contributed by atoms with Crippen LogP contribution in [0.3, 0.4) is 0 Å². The highest BCUT2D eigenvalue weighted by atomic mass is 15.0. The van der Waals surface area contributed by atoms with E-state index in [0.717, 1.165) is 6.04 Å². The maximum atomic E-state index is 3.91. The molecule has 0 amide bonds. The van der Waals surface area contributed by atoms with Crippen molar-refractivity contribution in [1.29, 1.82) is 0 Å². The molecule has 2 rings (SSSR count). The Labute approximate surface area is 112 Å². The standard InChI is InChI=1S/C17H27N/c1-14(2)17(15-10-6-5-7-11-15)18-16-12-8-3-4-9-13-16/h5-7,10-11,14,16-18H,3-4,8-9,12-13H2,1-2H3. The second-order valence-electron chi connectivity index (χ2n) is 5.99. The second-order valence-corrected chi connectivity index (χ2v) is 5.99. The summed E-state index contributed by atoms with van der Waals surface area (Å²) in [5, 5.41) is 3.91. The fraction of sp³-hybridized carbons (Fsp3) is 0.647. The van der Waals surface area contributed by atoms with Gasteiger partial charge < -0.3 is 5.32 Å². The molecule has 1 N–H and O–H groups in total. The third-order valence-electron chi connectivity index (χ3n) is 4.10. The van der Waals surface area contributed by atoms with Gasteiger partial charge in [-0.1, -0.05) is 69.9 Å². The van der Waals surface area contributed by atoms with Crippen molar-refractivity contribution in [3.8, 4) is 0 Å². The van der Waals surface area contributed by atoms with Crippen LogP contribution in [0.4, 0.5) is 0 Å². The summed E-state index contributed by atoms with van der Waals surface area (Å²) < 4.78 is 0. The van der Waals surface area contributed by atoms with E-state index in [9.17, 15) is 0 Å². The molecule has 0 heterocycles. The molecule has 1 fully saturated rings. The zero-order valence-corrected chi connectivity index (χ0v) is 11.9. The number of benzene rings is 1. The summed E-state index contributed by atoms with van der Waals surface area (Å²) in [4.78, 5) is 0. The van der Waals surface area contributed by atoms with Crippen LogP contribution in [0.15, 0.2) is 30.3 Å². The molecule has 18 heavy (non-hydrogen) atoms. The fourth-order valence-corrected chi connectivity index (χ4v) is 3.03. The van der Waals surface area contributed by atoms with Crippen molar-refractivity contribution in [3.63, 3.8) is 0 Å². The van der Waals surface area contributed by atoms with Crippen molar-refractivity contribution in [1.82, 2.24) is 5.32 Å². The normalized spacial score (nSPS) is 19.7. The van der Waals surface area contributed by atoms with E-state index in [-0.39, 0.29) is 0 Å². The van der Waals surface area contributed by atoms with Gasteiger partial charge in [-0.2, -0.15) is 0 Å². The lowest BCUT2D eigenvalue weighted by atomic mass is 9.94. The SMILES string of the molecule is CC(C)C(NC1CCCCCC1)c1ccccc1. The first-order valence-electron chi connectivity index (χ1n) is 7.58. The van der Waals surface area contributed by atoms with Gasteiger partial charge in [-0.3, -0.25) is 0 Å². The number of rotatable bonds is 4. The lowest BCUT2D eigenvalue weighted by molar-refractivity contribution is 0.337. The average Bonchev–Trinajstić information content (AvgIpc) is 2.65. The lowest BCUT2D eigenvalue weighted by Gasteiger charge is -2.28. The highest BCUT2D eigenvalue weighted by Crippen LogP contribution is 2.25. The largest absolute Gasteiger partial charge is 0.307 e. The molecule has 0 radical (unpaired) electrons. The van der Waals surface area contributed by atoms with Crippen LogP contribution in [0, 0.1) is 5.92 Å².